The summed E-state index contributed by atoms with van der Waals surface area (Å²) in [5.74, 6) is -0.148. The SMILES string of the molecule is CC(C)NCc1c(F)cccc1N1CCN(C)C(=O)C1. The fraction of sp³-hybridized carbons (Fsp3) is 0.533. The molecule has 20 heavy (non-hydrogen) atoms. The maximum Gasteiger partial charge on any atom is 0.241 e. The van der Waals surface area contributed by atoms with E-state index >= 15 is 0 Å². The fourth-order valence-corrected chi connectivity index (χ4v) is 2.29. The first kappa shape index (κ1) is 14.8. The van der Waals surface area contributed by atoms with Crippen molar-refractivity contribution in [1.29, 1.82) is 0 Å². The van der Waals surface area contributed by atoms with Gasteiger partial charge >= 0.3 is 0 Å². The Bertz CT molecular complexity index is 490. The van der Waals surface area contributed by atoms with Crippen molar-refractivity contribution in [2.24, 2.45) is 0 Å². The number of carbonyl (C=O) groups is 1. The monoisotopic (exact) mass is 279 g/mol. The van der Waals surface area contributed by atoms with Gasteiger partial charge in [0, 0.05) is 44.0 Å². The lowest BCUT2D eigenvalue weighted by atomic mass is 10.1. The lowest BCUT2D eigenvalue weighted by Gasteiger charge is -2.34. The van der Waals surface area contributed by atoms with Crippen LogP contribution in [0.4, 0.5) is 10.1 Å². The highest BCUT2D eigenvalue weighted by Crippen LogP contribution is 2.24. The molecule has 0 bridgehead atoms. The number of halogens is 1. The first-order valence-corrected chi connectivity index (χ1v) is 6.98. The highest BCUT2D eigenvalue weighted by Gasteiger charge is 2.23. The van der Waals surface area contributed by atoms with Gasteiger partial charge in [-0.05, 0) is 12.1 Å². The lowest BCUT2D eigenvalue weighted by molar-refractivity contribution is -0.129. The second-order valence-corrected chi connectivity index (χ2v) is 5.51. The number of piperazine rings is 1. The van der Waals surface area contributed by atoms with Crippen LogP contribution in [0.3, 0.4) is 0 Å². The molecule has 0 unspecified atom stereocenters. The number of hydrogen-bond donors (Lipinski definition) is 1. The van der Waals surface area contributed by atoms with Gasteiger partial charge in [0.2, 0.25) is 5.91 Å². The van der Waals surface area contributed by atoms with Crippen molar-refractivity contribution in [3.05, 3.63) is 29.6 Å². The number of amides is 1. The van der Waals surface area contributed by atoms with E-state index in [1.807, 2.05) is 24.8 Å². The normalized spacial score (nSPS) is 16.1. The molecular formula is C15H22FN3O. The molecule has 1 heterocycles. The number of likely N-dealkylation sites (N-methyl/N-ethyl adjacent to an activating group) is 1. The van der Waals surface area contributed by atoms with Gasteiger partial charge in [-0.15, -0.1) is 0 Å². The molecule has 1 saturated heterocycles. The first-order chi connectivity index (χ1) is 9.49. The molecule has 4 nitrogen and oxygen atoms in total. The third kappa shape index (κ3) is 3.28. The quantitative estimate of drug-likeness (QED) is 0.909. The molecule has 0 atom stereocenters. The van der Waals surface area contributed by atoms with E-state index in [0.717, 1.165) is 12.2 Å². The van der Waals surface area contributed by atoms with Crippen LogP contribution < -0.4 is 10.2 Å². The largest absolute Gasteiger partial charge is 0.360 e. The maximum absolute atomic E-state index is 14.1. The van der Waals surface area contributed by atoms with E-state index in [1.165, 1.54) is 6.07 Å². The van der Waals surface area contributed by atoms with Gasteiger partial charge in [0.15, 0.2) is 0 Å². The third-order valence-corrected chi connectivity index (χ3v) is 3.58. The zero-order valence-electron chi connectivity index (χ0n) is 12.3. The van der Waals surface area contributed by atoms with Gasteiger partial charge in [-0.2, -0.15) is 0 Å². The Morgan fingerprint density at radius 3 is 2.75 bits per heavy atom. The van der Waals surface area contributed by atoms with Gasteiger partial charge in [0.05, 0.1) is 6.54 Å². The molecule has 1 amide bonds. The molecule has 0 saturated carbocycles. The van der Waals surface area contributed by atoms with E-state index in [0.29, 0.717) is 25.2 Å². The summed E-state index contributed by atoms with van der Waals surface area (Å²) < 4.78 is 14.1. The zero-order valence-corrected chi connectivity index (χ0v) is 12.3. The molecule has 110 valence electrons. The topological polar surface area (TPSA) is 35.6 Å². The Morgan fingerprint density at radius 2 is 2.10 bits per heavy atom. The minimum atomic E-state index is -0.220. The first-order valence-electron chi connectivity index (χ1n) is 6.98. The van der Waals surface area contributed by atoms with Crippen molar-refractivity contribution in [3.8, 4) is 0 Å². The standard InChI is InChI=1S/C15H22FN3O/c1-11(2)17-9-12-13(16)5-4-6-14(12)19-8-7-18(3)15(20)10-19/h4-6,11,17H,7-10H2,1-3H3. The summed E-state index contributed by atoms with van der Waals surface area (Å²) >= 11 is 0. The van der Waals surface area contributed by atoms with Gasteiger partial charge in [-0.25, -0.2) is 4.39 Å². The molecule has 1 aromatic carbocycles. The molecule has 1 aliphatic heterocycles. The van der Waals surface area contributed by atoms with Crippen LogP contribution in [0.5, 0.6) is 0 Å². The minimum absolute atomic E-state index is 0.0725. The van der Waals surface area contributed by atoms with E-state index < -0.39 is 0 Å². The van der Waals surface area contributed by atoms with Crippen molar-refractivity contribution in [2.75, 3.05) is 31.6 Å². The maximum atomic E-state index is 14.1. The number of benzene rings is 1. The summed E-state index contributed by atoms with van der Waals surface area (Å²) in [6.07, 6.45) is 0. The van der Waals surface area contributed by atoms with E-state index in [-0.39, 0.29) is 17.8 Å². The molecular weight excluding hydrogens is 257 g/mol. The number of anilines is 1. The number of carbonyl (C=O) groups excluding carboxylic acids is 1. The Morgan fingerprint density at radius 1 is 1.35 bits per heavy atom. The van der Waals surface area contributed by atoms with Crippen molar-refractivity contribution in [2.45, 2.75) is 26.4 Å². The smallest absolute Gasteiger partial charge is 0.241 e. The number of nitrogens with one attached hydrogen (secondary N) is 1. The summed E-state index contributed by atoms with van der Waals surface area (Å²) in [4.78, 5) is 15.5. The predicted molar refractivity (Wildman–Crippen MR) is 78.2 cm³/mol. The Hall–Kier alpha value is -1.62. The molecule has 0 aliphatic carbocycles. The Kier molecular flexibility index (Phi) is 4.60. The van der Waals surface area contributed by atoms with Crippen LogP contribution >= 0.6 is 0 Å². The van der Waals surface area contributed by atoms with Crippen LogP contribution in [0.1, 0.15) is 19.4 Å². The van der Waals surface area contributed by atoms with Crippen molar-refractivity contribution >= 4 is 11.6 Å². The summed E-state index contributed by atoms with van der Waals surface area (Å²) in [6.45, 7) is 6.25. The summed E-state index contributed by atoms with van der Waals surface area (Å²) in [6, 6.07) is 5.35. The van der Waals surface area contributed by atoms with Crippen molar-refractivity contribution in [3.63, 3.8) is 0 Å². The van der Waals surface area contributed by atoms with Crippen LogP contribution in [-0.2, 0) is 11.3 Å². The predicted octanol–water partition coefficient (Wildman–Crippen LogP) is 1.60. The average Bonchev–Trinajstić information content (AvgIpc) is 2.40. The third-order valence-electron chi connectivity index (χ3n) is 3.58. The van der Waals surface area contributed by atoms with Crippen LogP contribution in [-0.4, -0.2) is 43.5 Å². The number of nitrogens with zero attached hydrogens (tertiary/aromatic N) is 2. The van der Waals surface area contributed by atoms with Gasteiger partial charge < -0.3 is 15.1 Å². The number of hydrogen-bond acceptors (Lipinski definition) is 3. The molecule has 5 heteroatoms. The van der Waals surface area contributed by atoms with Gasteiger partial charge in [0.25, 0.3) is 0 Å². The highest BCUT2D eigenvalue weighted by molar-refractivity contribution is 5.83. The highest BCUT2D eigenvalue weighted by atomic mass is 19.1. The summed E-state index contributed by atoms with van der Waals surface area (Å²) in [7, 11) is 1.80. The van der Waals surface area contributed by atoms with E-state index in [2.05, 4.69) is 5.32 Å². The molecule has 0 spiro atoms. The van der Waals surface area contributed by atoms with Gasteiger partial charge in [0.1, 0.15) is 5.82 Å². The number of rotatable bonds is 4. The Balaban J connectivity index is 2.22. The summed E-state index contributed by atoms with van der Waals surface area (Å²) in [5, 5.41) is 3.24. The Labute approximate surface area is 119 Å². The zero-order chi connectivity index (χ0) is 14.7. The second kappa shape index (κ2) is 6.22. The molecule has 1 N–H and O–H groups in total. The molecule has 1 aliphatic rings. The fourth-order valence-electron chi connectivity index (χ4n) is 2.29. The molecule has 0 radical (unpaired) electrons. The minimum Gasteiger partial charge on any atom is -0.360 e. The van der Waals surface area contributed by atoms with Gasteiger partial charge in [-0.1, -0.05) is 19.9 Å². The second-order valence-electron chi connectivity index (χ2n) is 5.51. The van der Waals surface area contributed by atoms with Crippen LogP contribution in [0, 0.1) is 5.82 Å². The molecule has 1 aromatic rings. The average molecular weight is 279 g/mol. The van der Waals surface area contributed by atoms with Crippen molar-refractivity contribution in [1.82, 2.24) is 10.2 Å². The summed E-state index contributed by atoms with van der Waals surface area (Å²) in [5.41, 5.74) is 1.46. The lowest BCUT2D eigenvalue weighted by Crippen LogP contribution is -2.49. The van der Waals surface area contributed by atoms with E-state index in [9.17, 15) is 9.18 Å². The van der Waals surface area contributed by atoms with Crippen LogP contribution in [0.2, 0.25) is 0 Å². The van der Waals surface area contributed by atoms with E-state index in [1.54, 1.807) is 18.0 Å². The van der Waals surface area contributed by atoms with Crippen molar-refractivity contribution < 1.29 is 9.18 Å². The molecule has 1 fully saturated rings. The van der Waals surface area contributed by atoms with Gasteiger partial charge in [-0.3, -0.25) is 4.79 Å². The van der Waals surface area contributed by atoms with E-state index in [4.69, 9.17) is 0 Å². The molecule has 0 aromatic heterocycles. The van der Waals surface area contributed by atoms with Crippen LogP contribution in [0.15, 0.2) is 18.2 Å². The molecule has 2 rings (SSSR count). The van der Waals surface area contributed by atoms with Crippen LogP contribution in [0.25, 0.3) is 0 Å².